The Kier molecular flexibility index (Phi) is 6.75. The summed E-state index contributed by atoms with van der Waals surface area (Å²) < 4.78 is 29.2. The van der Waals surface area contributed by atoms with Crippen LogP contribution in [0.3, 0.4) is 0 Å². The standard InChI is InChI=1S/C22H23N3O4S/c1-2-25(19-12-13-30(27,28)16-19)15-17(14-23)22(26)24-18-8-10-21(11-9-18)29-20-6-4-3-5-7-20/h3-11,15,19H,2,12-13,16H2,1H3,(H,24,26)/b17-15-. The smallest absolute Gasteiger partial charge is 0.267 e. The van der Waals surface area contributed by atoms with Crippen LogP contribution in [-0.2, 0) is 14.6 Å². The molecule has 1 N–H and O–H groups in total. The fourth-order valence-corrected chi connectivity index (χ4v) is 4.97. The highest BCUT2D eigenvalue weighted by molar-refractivity contribution is 7.91. The molecule has 8 heteroatoms. The fourth-order valence-electron chi connectivity index (χ4n) is 3.23. The molecule has 1 aliphatic rings. The summed E-state index contributed by atoms with van der Waals surface area (Å²) in [6.07, 6.45) is 1.95. The number of rotatable bonds is 7. The second-order valence-electron chi connectivity index (χ2n) is 6.94. The van der Waals surface area contributed by atoms with Crippen molar-refractivity contribution >= 4 is 21.4 Å². The highest BCUT2D eigenvalue weighted by Gasteiger charge is 2.31. The van der Waals surface area contributed by atoms with Gasteiger partial charge in [0, 0.05) is 24.5 Å². The number of hydrogen-bond acceptors (Lipinski definition) is 6. The quantitative estimate of drug-likeness (QED) is 0.540. The number of nitrogens with zero attached hydrogens (tertiary/aromatic N) is 2. The van der Waals surface area contributed by atoms with Gasteiger partial charge in [0.2, 0.25) is 0 Å². The van der Waals surface area contributed by atoms with Gasteiger partial charge in [-0.05, 0) is 49.7 Å². The summed E-state index contributed by atoms with van der Waals surface area (Å²) in [6, 6.07) is 17.8. The van der Waals surface area contributed by atoms with Gasteiger partial charge in [0.05, 0.1) is 11.5 Å². The van der Waals surface area contributed by atoms with Crippen molar-refractivity contribution in [3.63, 3.8) is 0 Å². The molecule has 0 aliphatic carbocycles. The van der Waals surface area contributed by atoms with Crippen LogP contribution in [0.25, 0.3) is 0 Å². The van der Waals surface area contributed by atoms with Crippen molar-refractivity contribution in [2.75, 3.05) is 23.4 Å². The van der Waals surface area contributed by atoms with Gasteiger partial charge in [-0.2, -0.15) is 5.26 Å². The van der Waals surface area contributed by atoms with Gasteiger partial charge in [-0.1, -0.05) is 18.2 Å². The zero-order chi connectivity index (χ0) is 21.6. The SMILES string of the molecule is CCN(/C=C(/C#N)C(=O)Nc1ccc(Oc2ccccc2)cc1)C1CCS(=O)(=O)C1. The van der Waals surface area contributed by atoms with Crippen molar-refractivity contribution in [2.24, 2.45) is 0 Å². The molecule has 2 aromatic rings. The Hall–Kier alpha value is -3.31. The van der Waals surface area contributed by atoms with Crippen molar-refractivity contribution in [2.45, 2.75) is 19.4 Å². The van der Waals surface area contributed by atoms with Gasteiger partial charge in [-0.3, -0.25) is 4.79 Å². The van der Waals surface area contributed by atoms with Crippen molar-refractivity contribution in [3.8, 4) is 17.6 Å². The Morgan fingerprint density at radius 2 is 1.87 bits per heavy atom. The first-order valence-corrected chi connectivity index (χ1v) is 11.4. The zero-order valence-electron chi connectivity index (χ0n) is 16.6. The average Bonchev–Trinajstić information content (AvgIpc) is 3.10. The van der Waals surface area contributed by atoms with Crippen LogP contribution in [0.1, 0.15) is 13.3 Å². The molecule has 1 heterocycles. The third-order valence-corrected chi connectivity index (χ3v) is 6.54. The lowest BCUT2D eigenvalue weighted by atomic mass is 10.2. The Morgan fingerprint density at radius 3 is 2.43 bits per heavy atom. The number of para-hydroxylation sites is 1. The summed E-state index contributed by atoms with van der Waals surface area (Å²) in [7, 11) is -3.05. The number of carbonyl (C=O) groups excluding carboxylic acids is 1. The van der Waals surface area contributed by atoms with E-state index in [-0.39, 0.29) is 23.1 Å². The van der Waals surface area contributed by atoms with E-state index in [1.165, 1.54) is 6.20 Å². The van der Waals surface area contributed by atoms with E-state index >= 15 is 0 Å². The molecule has 1 aliphatic heterocycles. The first kappa shape index (κ1) is 21.4. The van der Waals surface area contributed by atoms with Crippen LogP contribution in [0.5, 0.6) is 11.5 Å². The van der Waals surface area contributed by atoms with Crippen LogP contribution in [-0.4, -0.2) is 43.3 Å². The van der Waals surface area contributed by atoms with Crippen LogP contribution in [0.2, 0.25) is 0 Å². The number of ether oxygens (including phenoxy) is 1. The Bertz CT molecular complexity index is 1060. The molecule has 7 nitrogen and oxygen atoms in total. The summed E-state index contributed by atoms with van der Waals surface area (Å²) >= 11 is 0. The summed E-state index contributed by atoms with van der Waals surface area (Å²) in [5.41, 5.74) is 0.443. The number of nitrogens with one attached hydrogen (secondary N) is 1. The fraction of sp³-hybridized carbons (Fsp3) is 0.273. The third-order valence-electron chi connectivity index (χ3n) is 4.79. The summed E-state index contributed by atoms with van der Waals surface area (Å²) in [6.45, 7) is 2.37. The predicted molar refractivity (Wildman–Crippen MR) is 115 cm³/mol. The third kappa shape index (κ3) is 5.61. The van der Waals surface area contributed by atoms with E-state index in [4.69, 9.17) is 4.74 Å². The Labute approximate surface area is 176 Å². The normalized spacial score (nSPS) is 17.7. The van der Waals surface area contributed by atoms with Gasteiger partial charge in [0.25, 0.3) is 5.91 Å². The minimum absolute atomic E-state index is 0.0422. The summed E-state index contributed by atoms with van der Waals surface area (Å²) in [5.74, 6) is 0.953. The number of amides is 1. The van der Waals surface area contributed by atoms with Gasteiger partial charge in [-0.15, -0.1) is 0 Å². The topological polar surface area (TPSA) is 99.5 Å². The summed E-state index contributed by atoms with van der Waals surface area (Å²) in [4.78, 5) is 14.3. The highest BCUT2D eigenvalue weighted by atomic mass is 32.2. The van der Waals surface area contributed by atoms with Crippen LogP contribution in [0.4, 0.5) is 5.69 Å². The first-order valence-electron chi connectivity index (χ1n) is 9.62. The van der Waals surface area contributed by atoms with E-state index in [2.05, 4.69) is 5.32 Å². The molecule has 1 fully saturated rings. The minimum atomic E-state index is -3.05. The van der Waals surface area contributed by atoms with E-state index in [1.807, 2.05) is 43.3 Å². The van der Waals surface area contributed by atoms with E-state index in [1.54, 1.807) is 29.2 Å². The first-order chi connectivity index (χ1) is 14.4. The molecule has 0 radical (unpaired) electrons. The van der Waals surface area contributed by atoms with Gasteiger partial charge < -0.3 is 15.0 Å². The lowest BCUT2D eigenvalue weighted by Gasteiger charge is -2.25. The van der Waals surface area contributed by atoms with Crippen LogP contribution in [0.15, 0.2) is 66.4 Å². The maximum absolute atomic E-state index is 12.5. The molecule has 156 valence electrons. The Morgan fingerprint density at radius 1 is 1.20 bits per heavy atom. The molecule has 0 aromatic heterocycles. The zero-order valence-corrected chi connectivity index (χ0v) is 17.4. The number of benzene rings is 2. The van der Waals surface area contributed by atoms with Crippen molar-refractivity contribution < 1.29 is 17.9 Å². The molecule has 0 spiro atoms. The highest BCUT2D eigenvalue weighted by Crippen LogP contribution is 2.23. The van der Waals surface area contributed by atoms with Crippen molar-refractivity contribution in [1.29, 1.82) is 5.26 Å². The number of hydrogen-bond donors (Lipinski definition) is 1. The molecule has 0 saturated carbocycles. The molecule has 0 bridgehead atoms. The molecule has 1 amide bonds. The number of sulfone groups is 1. The lowest BCUT2D eigenvalue weighted by Crippen LogP contribution is -2.32. The van der Waals surface area contributed by atoms with Crippen LogP contribution in [0, 0.1) is 11.3 Å². The molecular weight excluding hydrogens is 402 g/mol. The van der Waals surface area contributed by atoms with E-state index in [0.29, 0.717) is 30.2 Å². The van der Waals surface area contributed by atoms with Gasteiger partial charge in [0.1, 0.15) is 23.1 Å². The van der Waals surface area contributed by atoms with Gasteiger partial charge in [0.15, 0.2) is 9.84 Å². The van der Waals surface area contributed by atoms with E-state index in [0.717, 1.165) is 0 Å². The van der Waals surface area contributed by atoms with Gasteiger partial charge in [-0.25, -0.2) is 8.42 Å². The van der Waals surface area contributed by atoms with Crippen LogP contribution >= 0.6 is 0 Å². The van der Waals surface area contributed by atoms with Crippen molar-refractivity contribution in [1.82, 2.24) is 4.90 Å². The number of nitriles is 1. The van der Waals surface area contributed by atoms with Crippen molar-refractivity contribution in [3.05, 3.63) is 66.4 Å². The molecule has 1 atom stereocenters. The predicted octanol–water partition coefficient (Wildman–Crippen LogP) is 3.33. The second kappa shape index (κ2) is 9.46. The van der Waals surface area contributed by atoms with Crippen LogP contribution < -0.4 is 10.1 Å². The molecule has 3 rings (SSSR count). The maximum atomic E-state index is 12.5. The molecular formula is C22H23N3O4S. The largest absolute Gasteiger partial charge is 0.457 e. The molecule has 1 unspecified atom stereocenters. The molecule has 2 aromatic carbocycles. The Balaban J connectivity index is 1.65. The maximum Gasteiger partial charge on any atom is 0.267 e. The van der Waals surface area contributed by atoms with Gasteiger partial charge >= 0.3 is 0 Å². The number of anilines is 1. The summed E-state index contributed by atoms with van der Waals surface area (Å²) in [5, 5.41) is 12.1. The average molecular weight is 426 g/mol. The second-order valence-corrected chi connectivity index (χ2v) is 9.16. The van der Waals surface area contributed by atoms with E-state index < -0.39 is 15.7 Å². The monoisotopic (exact) mass is 425 g/mol. The minimum Gasteiger partial charge on any atom is -0.457 e. The lowest BCUT2D eigenvalue weighted by molar-refractivity contribution is -0.112. The molecule has 1 saturated heterocycles. The molecule has 30 heavy (non-hydrogen) atoms. The van der Waals surface area contributed by atoms with E-state index in [9.17, 15) is 18.5 Å². The number of carbonyl (C=O) groups is 1.